The smallest absolute Gasteiger partial charge is 0.264 e. The lowest BCUT2D eigenvalue weighted by atomic mass is 9.98. The third-order valence-corrected chi connectivity index (χ3v) is 4.59. The van der Waals surface area contributed by atoms with Crippen molar-refractivity contribution in [2.24, 2.45) is 0 Å². The van der Waals surface area contributed by atoms with Crippen molar-refractivity contribution in [2.75, 3.05) is 25.2 Å². The molecule has 132 valence electrons. The molecule has 1 amide bonds. The van der Waals surface area contributed by atoms with Gasteiger partial charge in [0, 0.05) is 23.2 Å². The average molecular weight is 382 g/mol. The molecule has 3 rings (SSSR count). The van der Waals surface area contributed by atoms with Gasteiger partial charge in [-0.15, -0.1) is 0 Å². The number of anilines is 1. The molecule has 0 spiro atoms. The number of benzene rings is 2. The minimum atomic E-state index is -0.600. The van der Waals surface area contributed by atoms with Crippen molar-refractivity contribution in [3.8, 4) is 11.5 Å². The van der Waals surface area contributed by atoms with E-state index < -0.39 is 6.10 Å². The summed E-state index contributed by atoms with van der Waals surface area (Å²) in [5, 5.41) is 11.0. The molecule has 0 saturated carbocycles. The lowest BCUT2D eigenvalue weighted by molar-refractivity contribution is -0.120. The predicted molar refractivity (Wildman–Crippen MR) is 96.9 cm³/mol. The fraction of sp³-hybridized carbons (Fsp3) is 0.278. The number of halogens is 2. The highest BCUT2D eigenvalue weighted by molar-refractivity contribution is 6.35. The van der Waals surface area contributed by atoms with Crippen LogP contribution in [0.3, 0.4) is 0 Å². The molecule has 1 aliphatic heterocycles. The Hall–Kier alpha value is -1.95. The SMILES string of the molecule is COc1ccc2c(c1)N(C(=O)COc1ccc(Cl)cc1Cl)CCC2O. The second-order valence-electron chi connectivity index (χ2n) is 5.64. The van der Waals surface area contributed by atoms with Crippen LogP contribution in [0, 0.1) is 0 Å². The standard InChI is InChI=1S/C18H17Cl2NO4/c1-24-12-3-4-13-15(9-12)21(7-6-16(13)22)18(23)10-25-17-5-2-11(19)8-14(17)20/h2-5,8-9,16,22H,6-7,10H2,1H3. The summed E-state index contributed by atoms with van der Waals surface area (Å²) in [6, 6.07) is 10.1. The normalized spacial score (nSPS) is 16.3. The number of methoxy groups -OCH3 is 1. The van der Waals surface area contributed by atoms with Crippen LogP contribution in [0.25, 0.3) is 0 Å². The van der Waals surface area contributed by atoms with E-state index in [1.54, 1.807) is 48.4 Å². The van der Waals surface area contributed by atoms with Crippen molar-refractivity contribution in [1.29, 1.82) is 0 Å². The molecule has 1 N–H and O–H groups in total. The molecule has 7 heteroatoms. The van der Waals surface area contributed by atoms with Crippen LogP contribution in [-0.4, -0.2) is 31.3 Å². The minimum Gasteiger partial charge on any atom is -0.497 e. The van der Waals surface area contributed by atoms with Crippen LogP contribution < -0.4 is 14.4 Å². The Kier molecular flexibility index (Phi) is 5.37. The molecule has 0 bridgehead atoms. The number of aliphatic hydroxyl groups is 1. The van der Waals surface area contributed by atoms with Gasteiger partial charge in [0.1, 0.15) is 11.5 Å². The second kappa shape index (κ2) is 7.52. The maximum Gasteiger partial charge on any atom is 0.264 e. The van der Waals surface area contributed by atoms with Gasteiger partial charge in [0.25, 0.3) is 5.91 Å². The van der Waals surface area contributed by atoms with E-state index in [0.717, 1.165) is 0 Å². The number of rotatable bonds is 4. The zero-order valence-electron chi connectivity index (χ0n) is 13.5. The molecular weight excluding hydrogens is 365 g/mol. The van der Waals surface area contributed by atoms with E-state index in [-0.39, 0.29) is 12.5 Å². The highest BCUT2D eigenvalue weighted by Crippen LogP contribution is 2.36. The maximum atomic E-state index is 12.6. The van der Waals surface area contributed by atoms with Crippen LogP contribution in [0.4, 0.5) is 5.69 Å². The minimum absolute atomic E-state index is 0.173. The fourth-order valence-corrected chi connectivity index (χ4v) is 3.23. The molecule has 0 aromatic heterocycles. The van der Waals surface area contributed by atoms with Gasteiger partial charge in [-0.05, 0) is 30.7 Å². The van der Waals surface area contributed by atoms with Crippen LogP contribution >= 0.6 is 23.2 Å². The quantitative estimate of drug-likeness (QED) is 0.873. The van der Waals surface area contributed by atoms with Crippen LogP contribution in [0.2, 0.25) is 10.0 Å². The van der Waals surface area contributed by atoms with Crippen LogP contribution in [-0.2, 0) is 4.79 Å². The summed E-state index contributed by atoms with van der Waals surface area (Å²) in [5.41, 5.74) is 1.33. The molecule has 1 unspecified atom stereocenters. The first-order valence-electron chi connectivity index (χ1n) is 7.74. The Bertz CT molecular complexity index is 797. The van der Waals surface area contributed by atoms with Crippen molar-refractivity contribution in [3.05, 3.63) is 52.0 Å². The van der Waals surface area contributed by atoms with Crippen molar-refractivity contribution in [3.63, 3.8) is 0 Å². The lowest BCUT2D eigenvalue weighted by Crippen LogP contribution is -2.39. The second-order valence-corrected chi connectivity index (χ2v) is 6.48. The first-order chi connectivity index (χ1) is 12.0. The highest BCUT2D eigenvalue weighted by atomic mass is 35.5. The number of hydrogen-bond acceptors (Lipinski definition) is 4. The van der Waals surface area contributed by atoms with Crippen molar-refractivity contribution >= 4 is 34.8 Å². The summed E-state index contributed by atoms with van der Waals surface area (Å²) in [6.07, 6.45) is -0.135. The molecule has 1 aliphatic rings. The topological polar surface area (TPSA) is 59.0 Å². The molecule has 2 aromatic carbocycles. The largest absolute Gasteiger partial charge is 0.497 e. The van der Waals surface area contributed by atoms with E-state index in [2.05, 4.69) is 0 Å². The monoisotopic (exact) mass is 381 g/mol. The molecule has 25 heavy (non-hydrogen) atoms. The Morgan fingerprint density at radius 2 is 2.08 bits per heavy atom. The molecule has 0 radical (unpaired) electrons. The van der Waals surface area contributed by atoms with Crippen molar-refractivity contribution in [1.82, 2.24) is 0 Å². The van der Waals surface area contributed by atoms with E-state index in [4.69, 9.17) is 32.7 Å². The maximum absolute atomic E-state index is 12.6. The molecule has 2 aromatic rings. The van der Waals surface area contributed by atoms with Gasteiger partial charge in [0.05, 0.1) is 23.9 Å². The molecular formula is C18H17Cl2NO4. The fourth-order valence-electron chi connectivity index (χ4n) is 2.76. The average Bonchev–Trinajstić information content (AvgIpc) is 2.60. The lowest BCUT2D eigenvalue weighted by Gasteiger charge is -2.32. The Morgan fingerprint density at radius 1 is 1.28 bits per heavy atom. The van der Waals surface area contributed by atoms with Gasteiger partial charge < -0.3 is 19.5 Å². The molecule has 1 atom stereocenters. The Labute approximate surface area is 155 Å². The number of amides is 1. The molecule has 0 saturated heterocycles. The number of carbonyl (C=O) groups is 1. The molecule has 5 nitrogen and oxygen atoms in total. The first-order valence-corrected chi connectivity index (χ1v) is 8.49. The summed E-state index contributed by atoms with van der Waals surface area (Å²) < 4.78 is 10.7. The molecule has 1 heterocycles. The van der Waals surface area contributed by atoms with Gasteiger partial charge in [-0.1, -0.05) is 29.3 Å². The van der Waals surface area contributed by atoms with E-state index in [9.17, 15) is 9.90 Å². The van der Waals surface area contributed by atoms with Crippen molar-refractivity contribution < 1.29 is 19.4 Å². The number of hydrogen-bond donors (Lipinski definition) is 1. The Balaban J connectivity index is 1.78. The van der Waals surface area contributed by atoms with E-state index >= 15 is 0 Å². The predicted octanol–water partition coefficient (Wildman–Crippen LogP) is 3.85. The molecule has 0 fully saturated rings. The zero-order valence-corrected chi connectivity index (χ0v) is 15.0. The van der Waals surface area contributed by atoms with Crippen LogP contribution in [0.15, 0.2) is 36.4 Å². The summed E-state index contributed by atoms with van der Waals surface area (Å²) in [4.78, 5) is 14.2. The number of carbonyl (C=O) groups excluding carboxylic acids is 1. The number of ether oxygens (including phenoxy) is 2. The van der Waals surface area contributed by atoms with Gasteiger partial charge in [-0.25, -0.2) is 0 Å². The number of aliphatic hydroxyl groups excluding tert-OH is 1. The zero-order chi connectivity index (χ0) is 18.0. The number of fused-ring (bicyclic) bond motifs is 1. The van der Waals surface area contributed by atoms with E-state index in [0.29, 0.717) is 45.8 Å². The Morgan fingerprint density at radius 3 is 2.80 bits per heavy atom. The summed E-state index contributed by atoms with van der Waals surface area (Å²) >= 11 is 11.9. The van der Waals surface area contributed by atoms with Gasteiger partial charge >= 0.3 is 0 Å². The van der Waals surface area contributed by atoms with Gasteiger partial charge in [-0.3, -0.25) is 4.79 Å². The van der Waals surface area contributed by atoms with Crippen LogP contribution in [0.5, 0.6) is 11.5 Å². The van der Waals surface area contributed by atoms with Gasteiger partial charge in [-0.2, -0.15) is 0 Å². The van der Waals surface area contributed by atoms with Gasteiger partial charge in [0.15, 0.2) is 6.61 Å². The van der Waals surface area contributed by atoms with Crippen LogP contribution in [0.1, 0.15) is 18.1 Å². The summed E-state index contributed by atoms with van der Waals surface area (Å²) in [7, 11) is 1.55. The van der Waals surface area contributed by atoms with Gasteiger partial charge in [0.2, 0.25) is 0 Å². The van der Waals surface area contributed by atoms with E-state index in [1.165, 1.54) is 0 Å². The third kappa shape index (κ3) is 3.84. The summed E-state index contributed by atoms with van der Waals surface area (Å²) in [6.45, 7) is 0.228. The van der Waals surface area contributed by atoms with E-state index in [1.807, 2.05) is 0 Å². The highest BCUT2D eigenvalue weighted by Gasteiger charge is 2.28. The summed E-state index contributed by atoms with van der Waals surface area (Å²) in [5.74, 6) is 0.780. The third-order valence-electron chi connectivity index (χ3n) is 4.06. The van der Waals surface area contributed by atoms with Crippen molar-refractivity contribution in [2.45, 2.75) is 12.5 Å². The number of nitrogens with zero attached hydrogens (tertiary/aromatic N) is 1. The first kappa shape index (κ1) is 17.9. The molecule has 0 aliphatic carbocycles.